The minimum Gasteiger partial charge on any atom is -0.352 e. The molecule has 1 rings (SSSR count). The average molecular weight is 262 g/mol. The average Bonchev–Trinajstić information content (AvgIpc) is 2.36. The van der Waals surface area contributed by atoms with Crippen LogP contribution in [0, 0.1) is 0 Å². The van der Waals surface area contributed by atoms with Crippen molar-refractivity contribution in [2.75, 3.05) is 18.0 Å². The molecule has 0 saturated heterocycles. The van der Waals surface area contributed by atoms with Crippen LogP contribution < -0.4 is 10.2 Å². The molecule has 0 radical (unpaired) electrons. The molecule has 106 valence electrons. The van der Waals surface area contributed by atoms with Crippen molar-refractivity contribution in [3.8, 4) is 0 Å². The van der Waals surface area contributed by atoms with Gasteiger partial charge in [0.25, 0.3) is 0 Å². The van der Waals surface area contributed by atoms with E-state index in [0.29, 0.717) is 0 Å². The lowest BCUT2D eigenvalue weighted by atomic mass is 10.1. The SMILES string of the molecule is C=CCN(CCC)c1cncc(CNC(C)(C)C)n1. The lowest BCUT2D eigenvalue weighted by molar-refractivity contribution is 0.421. The maximum Gasteiger partial charge on any atom is 0.147 e. The number of aromatic nitrogens is 2. The Hall–Kier alpha value is -1.42. The van der Waals surface area contributed by atoms with Gasteiger partial charge in [-0.25, -0.2) is 4.98 Å². The van der Waals surface area contributed by atoms with Crippen molar-refractivity contribution in [3.05, 3.63) is 30.7 Å². The summed E-state index contributed by atoms with van der Waals surface area (Å²) in [5.74, 6) is 0.926. The Labute approximate surface area is 117 Å². The Kier molecular flexibility index (Phi) is 5.96. The maximum atomic E-state index is 4.67. The van der Waals surface area contributed by atoms with Crippen molar-refractivity contribution in [3.63, 3.8) is 0 Å². The van der Waals surface area contributed by atoms with Crippen LogP contribution in [0.25, 0.3) is 0 Å². The van der Waals surface area contributed by atoms with Crippen molar-refractivity contribution in [1.82, 2.24) is 15.3 Å². The second-order valence-electron chi connectivity index (χ2n) is 5.71. The third-order valence-electron chi connectivity index (χ3n) is 2.64. The van der Waals surface area contributed by atoms with E-state index in [2.05, 4.69) is 54.5 Å². The van der Waals surface area contributed by atoms with Gasteiger partial charge >= 0.3 is 0 Å². The molecule has 0 saturated carbocycles. The van der Waals surface area contributed by atoms with Gasteiger partial charge < -0.3 is 10.2 Å². The Bertz CT molecular complexity index is 395. The molecule has 0 atom stereocenters. The first-order valence-corrected chi connectivity index (χ1v) is 6.88. The highest BCUT2D eigenvalue weighted by atomic mass is 15.2. The molecule has 0 amide bonds. The van der Waals surface area contributed by atoms with Gasteiger partial charge in [-0.15, -0.1) is 6.58 Å². The molecule has 4 nitrogen and oxygen atoms in total. The van der Waals surface area contributed by atoms with Gasteiger partial charge in [-0.2, -0.15) is 0 Å². The lowest BCUT2D eigenvalue weighted by Gasteiger charge is -2.23. The van der Waals surface area contributed by atoms with E-state index < -0.39 is 0 Å². The predicted molar refractivity (Wildman–Crippen MR) is 81.3 cm³/mol. The fourth-order valence-corrected chi connectivity index (χ4v) is 1.71. The molecule has 0 aromatic carbocycles. The van der Waals surface area contributed by atoms with Crippen molar-refractivity contribution in [1.29, 1.82) is 0 Å². The van der Waals surface area contributed by atoms with Crippen LogP contribution in [0.2, 0.25) is 0 Å². The van der Waals surface area contributed by atoms with E-state index in [1.807, 2.05) is 18.5 Å². The fraction of sp³-hybridized carbons (Fsp3) is 0.600. The quantitative estimate of drug-likeness (QED) is 0.767. The monoisotopic (exact) mass is 262 g/mol. The molecule has 0 bridgehead atoms. The van der Waals surface area contributed by atoms with Crippen LogP contribution in [0.15, 0.2) is 25.0 Å². The van der Waals surface area contributed by atoms with Crippen molar-refractivity contribution < 1.29 is 0 Å². The van der Waals surface area contributed by atoms with E-state index in [0.717, 1.165) is 37.6 Å². The number of hydrogen-bond acceptors (Lipinski definition) is 4. The first kappa shape index (κ1) is 15.6. The highest BCUT2D eigenvalue weighted by molar-refractivity contribution is 5.37. The number of nitrogens with one attached hydrogen (secondary N) is 1. The van der Waals surface area contributed by atoms with Crippen LogP contribution in [-0.4, -0.2) is 28.6 Å². The van der Waals surface area contributed by atoms with Gasteiger partial charge in [-0.05, 0) is 27.2 Å². The molecule has 1 N–H and O–H groups in total. The summed E-state index contributed by atoms with van der Waals surface area (Å²) in [4.78, 5) is 11.2. The number of anilines is 1. The molecule has 0 aliphatic carbocycles. The molecule has 4 heteroatoms. The molecule has 1 aromatic rings. The van der Waals surface area contributed by atoms with E-state index in [4.69, 9.17) is 0 Å². The van der Waals surface area contributed by atoms with Crippen molar-refractivity contribution in [2.45, 2.75) is 46.2 Å². The van der Waals surface area contributed by atoms with Crippen LogP contribution in [0.3, 0.4) is 0 Å². The van der Waals surface area contributed by atoms with Crippen LogP contribution >= 0.6 is 0 Å². The molecular weight excluding hydrogens is 236 g/mol. The highest BCUT2D eigenvalue weighted by Crippen LogP contribution is 2.11. The summed E-state index contributed by atoms with van der Waals surface area (Å²) in [6.45, 7) is 14.9. The Balaban J connectivity index is 2.76. The van der Waals surface area contributed by atoms with Gasteiger partial charge in [0.1, 0.15) is 5.82 Å². The van der Waals surface area contributed by atoms with Gasteiger partial charge in [0.05, 0.1) is 11.9 Å². The predicted octanol–water partition coefficient (Wildman–Crippen LogP) is 2.77. The van der Waals surface area contributed by atoms with E-state index in [1.165, 1.54) is 0 Å². The summed E-state index contributed by atoms with van der Waals surface area (Å²) in [6, 6.07) is 0. The second kappa shape index (κ2) is 7.24. The first-order chi connectivity index (χ1) is 8.96. The molecule has 0 fully saturated rings. The van der Waals surface area contributed by atoms with Gasteiger partial charge in [0.15, 0.2) is 0 Å². The highest BCUT2D eigenvalue weighted by Gasteiger charge is 2.11. The number of hydrogen-bond donors (Lipinski definition) is 1. The molecule has 0 aliphatic heterocycles. The van der Waals surface area contributed by atoms with Gasteiger partial charge in [0.2, 0.25) is 0 Å². The van der Waals surface area contributed by atoms with Crippen LogP contribution in [0.1, 0.15) is 39.8 Å². The standard InChI is InChI=1S/C15H26N4/c1-6-8-19(9-7-2)14-12-16-10-13(18-14)11-17-15(3,4)5/h6,10,12,17H,1,7-9,11H2,2-5H3. The molecule has 0 unspecified atom stereocenters. The minimum absolute atomic E-state index is 0.0852. The van der Waals surface area contributed by atoms with Gasteiger partial charge in [0, 0.05) is 31.4 Å². The van der Waals surface area contributed by atoms with Crippen LogP contribution in [0.4, 0.5) is 5.82 Å². The Morgan fingerprint density at radius 3 is 2.68 bits per heavy atom. The third kappa shape index (κ3) is 5.83. The summed E-state index contributed by atoms with van der Waals surface area (Å²) in [7, 11) is 0. The summed E-state index contributed by atoms with van der Waals surface area (Å²) in [6.07, 6.45) is 6.62. The second-order valence-corrected chi connectivity index (χ2v) is 5.71. The van der Waals surface area contributed by atoms with E-state index >= 15 is 0 Å². The zero-order valence-corrected chi connectivity index (χ0v) is 12.6. The Morgan fingerprint density at radius 2 is 2.11 bits per heavy atom. The zero-order chi connectivity index (χ0) is 14.3. The van der Waals surface area contributed by atoms with Gasteiger partial charge in [-0.1, -0.05) is 13.0 Å². The summed E-state index contributed by atoms with van der Waals surface area (Å²) in [5.41, 5.74) is 1.06. The topological polar surface area (TPSA) is 41.1 Å². The summed E-state index contributed by atoms with van der Waals surface area (Å²) >= 11 is 0. The summed E-state index contributed by atoms with van der Waals surface area (Å²) in [5, 5.41) is 3.43. The van der Waals surface area contributed by atoms with E-state index in [-0.39, 0.29) is 5.54 Å². The van der Waals surface area contributed by atoms with Crippen LogP contribution in [-0.2, 0) is 6.54 Å². The molecule has 1 heterocycles. The largest absolute Gasteiger partial charge is 0.352 e. The smallest absolute Gasteiger partial charge is 0.147 e. The number of rotatable bonds is 7. The normalized spacial score (nSPS) is 11.4. The molecule has 0 aliphatic rings. The first-order valence-electron chi connectivity index (χ1n) is 6.88. The molecular formula is C15H26N4. The molecule has 1 aromatic heterocycles. The minimum atomic E-state index is 0.0852. The van der Waals surface area contributed by atoms with Crippen molar-refractivity contribution in [2.24, 2.45) is 0 Å². The molecule has 19 heavy (non-hydrogen) atoms. The summed E-state index contributed by atoms with van der Waals surface area (Å²) < 4.78 is 0. The fourth-order valence-electron chi connectivity index (χ4n) is 1.71. The third-order valence-corrected chi connectivity index (χ3v) is 2.64. The lowest BCUT2D eigenvalue weighted by Crippen LogP contribution is -2.35. The maximum absolute atomic E-state index is 4.67. The van der Waals surface area contributed by atoms with Gasteiger partial charge in [-0.3, -0.25) is 4.98 Å². The van der Waals surface area contributed by atoms with Crippen molar-refractivity contribution >= 4 is 5.82 Å². The zero-order valence-electron chi connectivity index (χ0n) is 12.6. The number of nitrogens with zero attached hydrogens (tertiary/aromatic N) is 3. The van der Waals surface area contributed by atoms with E-state index in [1.54, 1.807) is 0 Å². The molecule has 0 spiro atoms. The Morgan fingerprint density at radius 1 is 1.37 bits per heavy atom. The van der Waals surface area contributed by atoms with E-state index in [9.17, 15) is 0 Å². The van der Waals surface area contributed by atoms with Crippen LogP contribution in [0.5, 0.6) is 0 Å².